The summed E-state index contributed by atoms with van der Waals surface area (Å²) in [6, 6.07) is 6.07. The minimum Gasteiger partial charge on any atom is -0.487 e. The molecule has 2 bridgehead atoms. The van der Waals surface area contributed by atoms with E-state index in [0.717, 1.165) is 29.7 Å². The highest BCUT2D eigenvalue weighted by atomic mass is 16.5. The molecule has 1 saturated carbocycles. The topological polar surface area (TPSA) is 49.7 Å². The molecule has 0 radical (unpaired) electrons. The van der Waals surface area contributed by atoms with Crippen molar-refractivity contribution in [3.8, 4) is 5.75 Å². The van der Waals surface area contributed by atoms with Crippen molar-refractivity contribution in [2.24, 2.45) is 0 Å². The molecule has 0 unspecified atom stereocenters. The van der Waals surface area contributed by atoms with Crippen molar-refractivity contribution in [3.63, 3.8) is 0 Å². The summed E-state index contributed by atoms with van der Waals surface area (Å²) in [5.74, 6) is 0.869. The number of hydrogen-bond donors (Lipinski definition) is 2. The summed E-state index contributed by atoms with van der Waals surface area (Å²) in [6.07, 6.45) is 1.36. The summed E-state index contributed by atoms with van der Waals surface area (Å²) in [7, 11) is 0. The molecule has 1 aromatic rings. The number of hydrogen-bond acceptors (Lipinski definition) is 3. The number of aliphatic hydroxyl groups excluding tert-OH is 1. The van der Waals surface area contributed by atoms with Gasteiger partial charge in [0.25, 0.3) is 0 Å². The van der Waals surface area contributed by atoms with Crippen molar-refractivity contribution < 1.29 is 14.9 Å². The summed E-state index contributed by atoms with van der Waals surface area (Å²) in [5, 5.41) is 20.2. The van der Waals surface area contributed by atoms with Gasteiger partial charge >= 0.3 is 0 Å². The van der Waals surface area contributed by atoms with Gasteiger partial charge in [-0.2, -0.15) is 0 Å². The normalized spacial score (nSPS) is 38.7. The Hall–Kier alpha value is -1.06. The Morgan fingerprint density at radius 3 is 2.94 bits per heavy atom. The van der Waals surface area contributed by atoms with E-state index in [9.17, 15) is 10.2 Å². The van der Waals surface area contributed by atoms with Gasteiger partial charge < -0.3 is 14.9 Å². The highest BCUT2D eigenvalue weighted by Crippen LogP contribution is 2.55. The minimum absolute atomic E-state index is 0.249. The number of benzene rings is 1. The number of fused-ring (bicyclic) bond motifs is 4. The van der Waals surface area contributed by atoms with Gasteiger partial charge in [0.2, 0.25) is 0 Å². The Kier molecular flexibility index (Phi) is 2.11. The standard InChI is InChI=1S/C14H18O3/c1-9-3-4-10-11(7-9)17-12-5-6-13(10,2)14(12,16)8-15/h3-4,7,12,15-16H,5-6,8H2,1-2H3/t12-,13-,14+/m1/s1. The molecule has 2 aliphatic rings. The van der Waals surface area contributed by atoms with Crippen molar-refractivity contribution in [1.82, 2.24) is 0 Å². The molecule has 1 heterocycles. The molecule has 0 spiro atoms. The quantitative estimate of drug-likeness (QED) is 0.774. The van der Waals surface area contributed by atoms with Crippen LogP contribution in [0.15, 0.2) is 18.2 Å². The fourth-order valence-electron chi connectivity index (χ4n) is 3.37. The van der Waals surface area contributed by atoms with E-state index in [0.29, 0.717) is 0 Å². The summed E-state index contributed by atoms with van der Waals surface area (Å²) >= 11 is 0. The minimum atomic E-state index is -1.14. The lowest BCUT2D eigenvalue weighted by atomic mass is 9.69. The monoisotopic (exact) mass is 234 g/mol. The van der Waals surface area contributed by atoms with Gasteiger partial charge in [0.15, 0.2) is 0 Å². The number of aryl methyl sites for hydroxylation is 1. The molecular formula is C14H18O3. The van der Waals surface area contributed by atoms with E-state index in [2.05, 4.69) is 0 Å². The summed E-state index contributed by atoms with van der Waals surface area (Å²) < 4.78 is 5.87. The SMILES string of the molecule is Cc1ccc2c(c1)O[C@@H]1CC[C@@]2(C)[C@]1(O)CO. The molecule has 3 atom stereocenters. The average molecular weight is 234 g/mol. The Morgan fingerprint density at radius 1 is 1.47 bits per heavy atom. The zero-order chi connectivity index (χ0) is 12.3. The molecule has 3 heteroatoms. The summed E-state index contributed by atoms with van der Waals surface area (Å²) in [4.78, 5) is 0. The van der Waals surface area contributed by atoms with E-state index in [4.69, 9.17) is 4.74 Å². The predicted molar refractivity (Wildman–Crippen MR) is 64.2 cm³/mol. The first kappa shape index (κ1) is 11.1. The lowest BCUT2D eigenvalue weighted by Crippen LogP contribution is -2.59. The Balaban J connectivity index is 2.21. The summed E-state index contributed by atoms with van der Waals surface area (Å²) in [6.45, 7) is 3.81. The van der Waals surface area contributed by atoms with Crippen LogP contribution in [-0.2, 0) is 5.41 Å². The number of ether oxygens (including phenoxy) is 1. The lowest BCUT2D eigenvalue weighted by molar-refractivity contribution is -0.123. The van der Waals surface area contributed by atoms with Gasteiger partial charge in [0, 0.05) is 11.0 Å². The van der Waals surface area contributed by atoms with E-state index < -0.39 is 11.0 Å². The maximum Gasteiger partial charge on any atom is 0.134 e. The van der Waals surface area contributed by atoms with Gasteiger partial charge in [0.1, 0.15) is 17.5 Å². The third kappa shape index (κ3) is 1.19. The van der Waals surface area contributed by atoms with E-state index >= 15 is 0 Å². The molecule has 1 fully saturated rings. The first-order valence-electron chi connectivity index (χ1n) is 6.12. The van der Waals surface area contributed by atoms with Crippen LogP contribution in [0.2, 0.25) is 0 Å². The largest absolute Gasteiger partial charge is 0.487 e. The number of rotatable bonds is 1. The first-order chi connectivity index (χ1) is 8.01. The lowest BCUT2D eigenvalue weighted by Gasteiger charge is -2.46. The first-order valence-corrected chi connectivity index (χ1v) is 6.12. The maximum absolute atomic E-state index is 10.7. The highest BCUT2D eigenvalue weighted by molar-refractivity contribution is 5.48. The van der Waals surface area contributed by atoms with E-state index in [1.54, 1.807) is 0 Å². The maximum atomic E-state index is 10.7. The Morgan fingerprint density at radius 2 is 2.24 bits per heavy atom. The van der Waals surface area contributed by atoms with Crippen LogP contribution in [0, 0.1) is 6.92 Å². The molecular weight excluding hydrogens is 216 g/mol. The second-order valence-electron chi connectivity index (χ2n) is 5.56. The van der Waals surface area contributed by atoms with Gasteiger partial charge in [-0.3, -0.25) is 0 Å². The molecule has 3 nitrogen and oxygen atoms in total. The van der Waals surface area contributed by atoms with Crippen LogP contribution in [0.3, 0.4) is 0 Å². The van der Waals surface area contributed by atoms with Crippen LogP contribution in [0.4, 0.5) is 0 Å². The second-order valence-corrected chi connectivity index (χ2v) is 5.56. The van der Waals surface area contributed by atoms with E-state index in [-0.39, 0.29) is 12.7 Å². The molecule has 1 aliphatic heterocycles. The van der Waals surface area contributed by atoms with Crippen molar-refractivity contribution >= 4 is 0 Å². The van der Waals surface area contributed by atoms with E-state index in [1.165, 1.54) is 0 Å². The molecule has 1 aromatic carbocycles. The van der Waals surface area contributed by atoms with Gasteiger partial charge in [-0.1, -0.05) is 19.1 Å². The second kappa shape index (κ2) is 3.24. The van der Waals surface area contributed by atoms with E-state index in [1.807, 2.05) is 32.0 Å². The van der Waals surface area contributed by atoms with Crippen LogP contribution in [-0.4, -0.2) is 28.5 Å². The Bertz CT molecular complexity index is 471. The van der Waals surface area contributed by atoms with Gasteiger partial charge in [-0.15, -0.1) is 0 Å². The predicted octanol–water partition coefficient (Wildman–Crippen LogP) is 1.53. The molecule has 1 aliphatic carbocycles. The van der Waals surface area contributed by atoms with Crippen LogP contribution >= 0.6 is 0 Å². The van der Waals surface area contributed by atoms with Crippen molar-refractivity contribution in [2.75, 3.05) is 6.61 Å². The third-order valence-electron chi connectivity index (χ3n) is 4.64. The zero-order valence-corrected chi connectivity index (χ0v) is 10.2. The average Bonchev–Trinajstić information content (AvgIpc) is 2.47. The highest BCUT2D eigenvalue weighted by Gasteiger charge is 2.62. The molecule has 92 valence electrons. The van der Waals surface area contributed by atoms with Crippen molar-refractivity contribution in [2.45, 2.75) is 43.8 Å². The molecule has 0 amide bonds. The molecule has 0 aromatic heterocycles. The van der Waals surface area contributed by atoms with Crippen LogP contribution in [0.1, 0.15) is 30.9 Å². The fourth-order valence-corrected chi connectivity index (χ4v) is 3.37. The summed E-state index contributed by atoms with van der Waals surface area (Å²) in [5.41, 5.74) is 0.637. The van der Waals surface area contributed by atoms with Gasteiger partial charge in [-0.25, -0.2) is 0 Å². The Labute approximate surface area is 101 Å². The van der Waals surface area contributed by atoms with Crippen LogP contribution in [0.5, 0.6) is 5.75 Å². The van der Waals surface area contributed by atoms with Crippen molar-refractivity contribution in [3.05, 3.63) is 29.3 Å². The number of aliphatic hydroxyl groups is 2. The third-order valence-corrected chi connectivity index (χ3v) is 4.64. The fraction of sp³-hybridized carbons (Fsp3) is 0.571. The molecule has 3 rings (SSSR count). The molecule has 2 N–H and O–H groups in total. The molecule has 17 heavy (non-hydrogen) atoms. The zero-order valence-electron chi connectivity index (χ0n) is 10.2. The van der Waals surface area contributed by atoms with Crippen LogP contribution in [0.25, 0.3) is 0 Å². The molecule has 0 saturated heterocycles. The van der Waals surface area contributed by atoms with Gasteiger partial charge in [-0.05, 0) is 31.4 Å². The smallest absolute Gasteiger partial charge is 0.134 e. The van der Waals surface area contributed by atoms with Crippen molar-refractivity contribution in [1.29, 1.82) is 0 Å². The van der Waals surface area contributed by atoms with Gasteiger partial charge in [0.05, 0.1) is 6.61 Å². The van der Waals surface area contributed by atoms with Crippen LogP contribution < -0.4 is 4.74 Å².